The highest BCUT2D eigenvalue weighted by molar-refractivity contribution is 5.98. The van der Waals surface area contributed by atoms with Crippen LogP contribution in [0.5, 0.6) is 0 Å². The van der Waals surface area contributed by atoms with Crippen LogP contribution in [0.2, 0.25) is 0 Å². The Morgan fingerprint density at radius 1 is 1.40 bits per heavy atom. The fourth-order valence-corrected chi connectivity index (χ4v) is 2.96. The first kappa shape index (κ1) is 17.3. The highest BCUT2D eigenvalue weighted by Gasteiger charge is 2.48. The van der Waals surface area contributed by atoms with Gasteiger partial charge in [-0.1, -0.05) is 19.9 Å². The molecule has 116 valence electrons. The Hall–Kier alpha value is -0.710. The molecule has 0 saturated heterocycles. The first-order valence-corrected chi connectivity index (χ1v) is 7.25. The molecule has 1 unspecified atom stereocenters. The molecule has 0 fully saturated rings. The van der Waals surface area contributed by atoms with Crippen LogP contribution in [0.4, 0.5) is 0 Å². The van der Waals surface area contributed by atoms with E-state index in [1.54, 1.807) is 7.11 Å². The fourth-order valence-electron chi connectivity index (χ4n) is 2.96. The van der Waals surface area contributed by atoms with E-state index in [0.29, 0.717) is 18.6 Å². The van der Waals surface area contributed by atoms with Gasteiger partial charge in [-0.05, 0) is 39.5 Å². The molecule has 1 aliphatic heterocycles. The van der Waals surface area contributed by atoms with Crippen molar-refractivity contribution in [3.63, 3.8) is 0 Å². The van der Waals surface area contributed by atoms with Gasteiger partial charge in [0.15, 0.2) is 5.78 Å². The predicted octanol–water partition coefficient (Wildman–Crippen LogP) is 3.20. The second kappa shape index (κ2) is 5.58. The van der Waals surface area contributed by atoms with Crippen LogP contribution in [-0.4, -0.2) is 40.8 Å². The van der Waals surface area contributed by atoms with Gasteiger partial charge in [-0.3, -0.25) is 4.79 Å². The minimum absolute atomic E-state index is 0.0982. The van der Waals surface area contributed by atoms with Gasteiger partial charge < -0.3 is 9.94 Å². The number of ether oxygens (including phenoxy) is 1. The number of carbonyl (C=O) groups is 1. The van der Waals surface area contributed by atoms with Crippen LogP contribution in [-0.2, 0) is 9.53 Å². The average Bonchev–Trinajstić information content (AvgIpc) is 2.50. The standard InChI is InChI=1S/C16H29NO3/c1-8-16(6,11-20-7)10-13(18)12-9-14(2,3)17(19)15(12,4)5/h9,19H,8,10-11H2,1-7H3. The number of nitrogens with zero attached hydrogens (tertiary/aromatic N) is 1. The highest BCUT2D eigenvalue weighted by atomic mass is 16.5. The Morgan fingerprint density at radius 3 is 2.30 bits per heavy atom. The number of hydroxylamine groups is 2. The van der Waals surface area contributed by atoms with E-state index in [1.807, 2.05) is 33.8 Å². The minimum Gasteiger partial charge on any atom is -0.384 e. The van der Waals surface area contributed by atoms with Crippen molar-refractivity contribution in [2.24, 2.45) is 5.41 Å². The number of Topliss-reactive ketones (excluding diaryl/α,β-unsaturated/α-hetero) is 1. The summed E-state index contributed by atoms with van der Waals surface area (Å²) < 4.78 is 5.24. The first-order valence-electron chi connectivity index (χ1n) is 7.25. The maximum Gasteiger partial charge on any atom is 0.161 e. The van der Waals surface area contributed by atoms with E-state index in [0.717, 1.165) is 6.42 Å². The Kier molecular flexibility index (Phi) is 4.84. The van der Waals surface area contributed by atoms with Gasteiger partial charge in [-0.25, -0.2) is 0 Å². The maximum atomic E-state index is 12.7. The van der Waals surface area contributed by atoms with Gasteiger partial charge in [0.25, 0.3) is 0 Å². The summed E-state index contributed by atoms with van der Waals surface area (Å²) in [5.41, 5.74) is -0.628. The molecule has 0 bridgehead atoms. The normalized spacial score (nSPS) is 24.3. The van der Waals surface area contributed by atoms with Crippen LogP contribution >= 0.6 is 0 Å². The summed E-state index contributed by atoms with van der Waals surface area (Å²) in [6.45, 7) is 12.3. The van der Waals surface area contributed by atoms with Gasteiger partial charge in [0, 0.05) is 19.1 Å². The molecule has 1 aliphatic rings. The summed E-state index contributed by atoms with van der Waals surface area (Å²) in [5, 5.41) is 11.5. The summed E-state index contributed by atoms with van der Waals surface area (Å²) in [4.78, 5) is 12.7. The Labute approximate surface area is 122 Å². The predicted molar refractivity (Wildman–Crippen MR) is 79.8 cm³/mol. The van der Waals surface area contributed by atoms with Crippen LogP contribution < -0.4 is 0 Å². The number of hydrogen-bond acceptors (Lipinski definition) is 4. The van der Waals surface area contributed by atoms with Gasteiger partial charge in [0.1, 0.15) is 0 Å². The van der Waals surface area contributed by atoms with Gasteiger partial charge in [0.2, 0.25) is 0 Å². The third kappa shape index (κ3) is 3.13. The second-order valence-corrected chi connectivity index (χ2v) is 7.28. The first-order chi connectivity index (χ1) is 9.00. The molecule has 4 heteroatoms. The zero-order chi connectivity index (χ0) is 15.8. The molecule has 1 N–H and O–H groups in total. The molecule has 1 heterocycles. The molecule has 0 aromatic rings. The summed E-state index contributed by atoms with van der Waals surface area (Å²) in [5.74, 6) is 0.0982. The Balaban J connectivity index is 2.98. The lowest BCUT2D eigenvalue weighted by molar-refractivity contribution is -0.186. The molecule has 0 spiro atoms. The molecule has 4 nitrogen and oxygen atoms in total. The molecule has 1 atom stereocenters. The number of methoxy groups -OCH3 is 1. The molecular weight excluding hydrogens is 254 g/mol. The van der Waals surface area contributed by atoms with Crippen LogP contribution in [0.25, 0.3) is 0 Å². The van der Waals surface area contributed by atoms with Crippen molar-refractivity contribution in [1.82, 2.24) is 5.06 Å². The van der Waals surface area contributed by atoms with E-state index in [-0.39, 0.29) is 11.2 Å². The van der Waals surface area contributed by atoms with Crippen LogP contribution in [0.15, 0.2) is 11.6 Å². The average molecular weight is 283 g/mol. The molecule has 0 aromatic carbocycles. The van der Waals surface area contributed by atoms with Crippen molar-refractivity contribution in [2.75, 3.05) is 13.7 Å². The van der Waals surface area contributed by atoms with Gasteiger partial charge in [-0.2, -0.15) is 5.06 Å². The smallest absolute Gasteiger partial charge is 0.161 e. The molecule has 0 aliphatic carbocycles. The van der Waals surface area contributed by atoms with Crippen molar-refractivity contribution in [1.29, 1.82) is 0 Å². The third-order valence-electron chi connectivity index (χ3n) is 4.47. The van der Waals surface area contributed by atoms with Crippen molar-refractivity contribution < 1.29 is 14.7 Å². The second-order valence-electron chi connectivity index (χ2n) is 7.28. The molecule has 0 radical (unpaired) electrons. The number of rotatable bonds is 6. The molecular formula is C16H29NO3. The van der Waals surface area contributed by atoms with E-state index in [1.165, 1.54) is 5.06 Å². The number of carbonyl (C=O) groups excluding carboxylic acids is 1. The SMILES string of the molecule is CCC(C)(COC)CC(=O)C1=CC(C)(C)N(O)C1(C)C. The zero-order valence-electron chi connectivity index (χ0n) is 13.9. The van der Waals surface area contributed by atoms with E-state index in [9.17, 15) is 10.0 Å². The Morgan fingerprint density at radius 2 is 1.95 bits per heavy atom. The number of ketones is 1. The van der Waals surface area contributed by atoms with E-state index in [2.05, 4.69) is 13.8 Å². The van der Waals surface area contributed by atoms with Gasteiger partial charge >= 0.3 is 0 Å². The largest absolute Gasteiger partial charge is 0.384 e. The topological polar surface area (TPSA) is 49.8 Å². The summed E-state index contributed by atoms with van der Waals surface area (Å²) >= 11 is 0. The Bertz CT molecular complexity index is 412. The van der Waals surface area contributed by atoms with Crippen LogP contribution in [0, 0.1) is 5.41 Å². The summed E-state index contributed by atoms with van der Waals surface area (Å²) in [6.07, 6.45) is 3.21. The van der Waals surface area contributed by atoms with E-state index in [4.69, 9.17) is 4.74 Å². The molecule has 0 amide bonds. The molecule has 20 heavy (non-hydrogen) atoms. The number of hydrogen-bond donors (Lipinski definition) is 1. The van der Waals surface area contributed by atoms with Crippen molar-refractivity contribution in [2.45, 2.75) is 65.5 Å². The summed E-state index contributed by atoms with van der Waals surface area (Å²) in [6, 6.07) is 0. The quantitative estimate of drug-likeness (QED) is 0.813. The van der Waals surface area contributed by atoms with Crippen molar-refractivity contribution >= 4 is 5.78 Å². The van der Waals surface area contributed by atoms with Gasteiger partial charge in [0.05, 0.1) is 17.7 Å². The van der Waals surface area contributed by atoms with Crippen LogP contribution in [0.1, 0.15) is 54.4 Å². The van der Waals surface area contributed by atoms with Crippen molar-refractivity contribution in [3.8, 4) is 0 Å². The van der Waals surface area contributed by atoms with Gasteiger partial charge in [-0.15, -0.1) is 0 Å². The monoisotopic (exact) mass is 283 g/mol. The summed E-state index contributed by atoms with van der Waals surface area (Å²) in [7, 11) is 1.66. The lowest BCUT2D eigenvalue weighted by Gasteiger charge is -2.36. The molecule has 0 saturated carbocycles. The third-order valence-corrected chi connectivity index (χ3v) is 4.47. The maximum absolute atomic E-state index is 12.7. The van der Waals surface area contributed by atoms with Crippen molar-refractivity contribution in [3.05, 3.63) is 11.6 Å². The fraction of sp³-hybridized carbons (Fsp3) is 0.812. The van der Waals surface area contributed by atoms with Crippen LogP contribution in [0.3, 0.4) is 0 Å². The lowest BCUT2D eigenvalue weighted by Crippen LogP contribution is -2.48. The lowest BCUT2D eigenvalue weighted by atomic mass is 9.79. The highest BCUT2D eigenvalue weighted by Crippen LogP contribution is 2.40. The minimum atomic E-state index is -0.650. The van der Waals surface area contributed by atoms with E-state index >= 15 is 0 Å². The molecule has 1 rings (SSSR count). The van der Waals surface area contributed by atoms with E-state index < -0.39 is 11.1 Å². The molecule has 0 aromatic heterocycles. The zero-order valence-corrected chi connectivity index (χ0v) is 13.9.